The van der Waals surface area contributed by atoms with Crippen LogP contribution in [0.15, 0.2) is 72.8 Å². The summed E-state index contributed by atoms with van der Waals surface area (Å²) in [6.07, 6.45) is 4.07. The molecule has 0 radical (unpaired) electrons. The van der Waals surface area contributed by atoms with Crippen molar-refractivity contribution in [3.63, 3.8) is 0 Å². The molecule has 1 unspecified atom stereocenters. The van der Waals surface area contributed by atoms with E-state index in [1.807, 2.05) is 78.9 Å². The molecule has 6 nitrogen and oxygen atoms in total. The molecule has 0 aliphatic carbocycles. The Bertz CT molecular complexity index is 1150. The Hall–Kier alpha value is -3.77. The van der Waals surface area contributed by atoms with E-state index >= 15 is 0 Å². The van der Waals surface area contributed by atoms with Crippen LogP contribution in [-0.2, 0) is 16.1 Å². The maximum absolute atomic E-state index is 13.3. The maximum Gasteiger partial charge on any atom is 0.252 e. The minimum Gasteiger partial charge on any atom is -0.496 e. The lowest BCUT2D eigenvalue weighted by Crippen LogP contribution is -2.24. The molecule has 1 N–H and O–H groups in total. The third-order valence-corrected chi connectivity index (χ3v) is 5.90. The van der Waals surface area contributed by atoms with Crippen molar-refractivity contribution in [3.05, 3.63) is 89.5 Å². The second-order valence-corrected chi connectivity index (χ2v) is 8.28. The van der Waals surface area contributed by atoms with E-state index in [1.54, 1.807) is 14.2 Å². The van der Waals surface area contributed by atoms with Crippen LogP contribution in [0.1, 0.15) is 29.5 Å². The number of amides is 1. The van der Waals surface area contributed by atoms with Crippen LogP contribution in [0.4, 0.5) is 0 Å². The zero-order valence-corrected chi connectivity index (χ0v) is 20.2. The molecule has 0 spiro atoms. The van der Waals surface area contributed by atoms with Crippen LogP contribution in [-0.4, -0.2) is 39.4 Å². The van der Waals surface area contributed by atoms with Crippen LogP contribution in [0, 0.1) is 0 Å². The SMILES string of the molecule is COc1ccccc1C=C(C(=O)NCc1ccc(OCC2CCCO2)c(OC)c1)c1ccccc1. The van der Waals surface area contributed by atoms with Crippen molar-refractivity contribution in [2.75, 3.05) is 27.4 Å². The maximum atomic E-state index is 13.3. The van der Waals surface area contributed by atoms with Gasteiger partial charge in [0, 0.05) is 24.3 Å². The zero-order chi connectivity index (χ0) is 24.5. The lowest BCUT2D eigenvalue weighted by molar-refractivity contribution is -0.115. The van der Waals surface area contributed by atoms with Gasteiger partial charge in [0.1, 0.15) is 12.4 Å². The fourth-order valence-corrected chi connectivity index (χ4v) is 4.02. The highest BCUT2D eigenvalue weighted by molar-refractivity contribution is 6.24. The van der Waals surface area contributed by atoms with E-state index in [9.17, 15) is 4.79 Å². The molecule has 0 aromatic heterocycles. The molecule has 3 aromatic rings. The highest BCUT2D eigenvalue weighted by atomic mass is 16.5. The minimum atomic E-state index is -0.181. The number of benzene rings is 3. The first kappa shape index (κ1) is 24.4. The number of rotatable bonds is 10. The third-order valence-electron chi connectivity index (χ3n) is 5.90. The Kier molecular flexibility index (Phi) is 8.41. The topological polar surface area (TPSA) is 66.0 Å². The molecule has 182 valence electrons. The van der Waals surface area contributed by atoms with Gasteiger partial charge in [0.15, 0.2) is 11.5 Å². The van der Waals surface area contributed by atoms with Crippen molar-refractivity contribution in [1.29, 1.82) is 0 Å². The summed E-state index contributed by atoms with van der Waals surface area (Å²) in [6.45, 7) is 1.64. The van der Waals surface area contributed by atoms with Gasteiger partial charge in [-0.25, -0.2) is 0 Å². The molecule has 0 bridgehead atoms. The fourth-order valence-electron chi connectivity index (χ4n) is 4.02. The fraction of sp³-hybridized carbons (Fsp3) is 0.276. The summed E-state index contributed by atoms with van der Waals surface area (Å²) in [4.78, 5) is 13.3. The summed E-state index contributed by atoms with van der Waals surface area (Å²) in [7, 11) is 3.23. The van der Waals surface area contributed by atoms with Crippen molar-refractivity contribution < 1.29 is 23.7 Å². The molecule has 35 heavy (non-hydrogen) atoms. The summed E-state index contributed by atoms with van der Waals surface area (Å²) in [5.74, 6) is 1.82. The van der Waals surface area contributed by atoms with Crippen LogP contribution in [0.5, 0.6) is 17.2 Å². The summed E-state index contributed by atoms with van der Waals surface area (Å²) in [6, 6.07) is 22.9. The predicted octanol–water partition coefficient (Wildman–Crippen LogP) is 5.12. The number of methoxy groups -OCH3 is 2. The second-order valence-electron chi connectivity index (χ2n) is 8.28. The second kappa shape index (κ2) is 12.1. The molecule has 1 aliphatic rings. The van der Waals surface area contributed by atoms with Gasteiger partial charge in [0.2, 0.25) is 0 Å². The predicted molar refractivity (Wildman–Crippen MR) is 137 cm³/mol. The minimum absolute atomic E-state index is 0.130. The van der Waals surface area contributed by atoms with Crippen molar-refractivity contribution in [3.8, 4) is 17.2 Å². The molecule has 1 atom stereocenters. The molecule has 1 saturated heterocycles. The zero-order valence-electron chi connectivity index (χ0n) is 20.2. The Labute approximate surface area is 206 Å². The lowest BCUT2D eigenvalue weighted by Gasteiger charge is -2.15. The van der Waals surface area contributed by atoms with Crippen molar-refractivity contribution in [1.82, 2.24) is 5.32 Å². The smallest absolute Gasteiger partial charge is 0.252 e. The molecule has 1 aliphatic heterocycles. The van der Waals surface area contributed by atoms with Gasteiger partial charge in [-0.1, -0.05) is 54.6 Å². The summed E-state index contributed by atoms with van der Waals surface area (Å²) >= 11 is 0. The van der Waals surface area contributed by atoms with Crippen LogP contribution >= 0.6 is 0 Å². The third kappa shape index (κ3) is 6.43. The molecular formula is C29H31NO5. The number of hydrogen-bond acceptors (Lipinski definition) is 5. The summed E-state index contributed by atoms with van der Waals surface area (Å²) < 4.78 is 22.5. The highest BCUT2D eigenvalue weighted by Gasteiger charge is 2.18. The van der Waals surface area contributed by atoms with E-state index in [0.29, 0.717) is 36.0 Å². The Morgan fingerprint density at radius 3 is 2.49 bits per heavy atom. The van der Waals surface area contributed by atoms with E-state index in [-0.39, 0.29) is 12.0 Å². The van der Waals surface area contributed by atoms with E-state index in [4.69, 9.17) is 18.9 Å². The Morgan fingerprint density at radius 2 is 1.74 bits per heavy atom. The van der Waals surface area contributed by atoms with E-state index < -0.39 is 0 Å². The number of carbonyl (C=O) groups excluding carboxylic acids is 1. The Balaban J connectivity index is 1.49. The van der Waals surface area contributed by atoms with Gasteiger partial charge < -0.3 is 24.3 Å². The van der Waals surface area contributed by atoms with Crippen LogP contribution in [0.3, 0.4) is 0 Å². The van der Waals surface area contributed by atoms with Gasteiger partial charge in [0.25, 0.3) is 5.91 Å². The number of ether oxygens (including phenoxy) is 4. The van der Waals surface area contributed by atoms with Crippen LogP contribution < -0.4 is 19.5 Å². The van der Waals surface area contributed by atoms with Crippen LogP contribution in [0.2, 0.25) is 0 Å². The highest BCUT2D eigenvalue weighted by Crippen LogP contribution is 2.29. The van der Waals surface area contributed by atoms with Gasteiger partial charge >= 0.3 is 0 Å². The molecular weight excluding hydrogens is 442 g/mol. The first-order chi connectivity index (χ1) is 17.2. The average molecular weight is 474 g/mol. The molecule has 1 heterocycles. The molecule has 1 fully saturated rings. The number of carbonyl (C=O) groups is 1. The quantitative estimate of drug-likeness (QED) is 0.327. The molecule has 0 saturated carbocycles. The van der Waals surface area contributed by atoms with E-state index in [0.717, 1.165) is 36.1 Å². The van der Waals surface area contributed by atoms with Gasteiger partial charge in [-0.05, 0) is 48.2 Å². The number of nitrogens with one attached hydrogen (secondary N) is 1. The van der Waals surface area contributed by atoms with Gasteiger partial charge in [-0.15, -0.1) is 0 Å². The molecule has 1 amide bonds. The molecule has 3 aromatic carbocycles. The average Bonchev–Trinajstić information content (AvgIpc) is 3.44. The van der Waals surface area contributed by atoms with Gasteiger partial charge in [0.05, 0.1) is 20.3 Å². The Morgan fingerprint density at radius 1 is 0.971 bits per heavy atom. The van der Waals surface area contributed by atoms with Crippen molar-refractivity contribution in [2.24, 2.45) is 0 Å². The van der Waals surface area contributed by atoms with Gasteiger partial charge in [-0.3, -0.25) is 4.79 Å². The summed E-state index contributed by atoms with van der Waals surface area (Å²) in [5, 5.41) is 3.04. The monoisotopic (exact) mass is 473 g/mol. The van der Waals surface area contributed by atoms with Crippen LogP contribution in [0.25, 0.3) is 11.6 Å². The number of para-hydroxylation sites is 1. The standard InChI is InChI=1S/C29H31NO5/c1-32-26-13-7-6-11-23(26)18-25(22-9-4-3-5-10-22)29(31)30-19-21-14-15-27(28(17-21)33-2)35-20-24-12-8-16-34-24/h3-7,9-11,13-15,17-18,24H,8,12,16,19-20H2,1-2H3,(H,30,31). The van der Waals surface area contributed by atoms with E-state index in [2.05, 4.69) is 5.32 Å². The lowest BCUT2D eigenvalue weighted by atomic mass is 10.0. The van der Waals surface area contributed by atoms with Crippen molar-refractivity contribution in [2.45, 2.75) is 25.5 Å². The molecule has 4 rings (SSSR count). The normalized spacial score (nSPS) is 15.5. The van der Waals surface area contributed by atoms with E-state index in [1.165, 1.54) is 0 Å². The first-order valence-corrected chi connectivity index (χ1v) is 11.8. The van der Waals surface area contributed by atoms with Gasteiger partial charge in [-0.2, -0.15) is 0 Å². The largest absolute Gasteiger partial charge is 0.496 e. The first-order valence-electron chi connectivity index (χ1n) is 11.8. The number of hydrogen-bond donors (Lipinski definition) is 1. The molecule has 6 heteroatoms. The van der Waals surface area contributed by atoms with Crippen molar-refractivity contribution >= 4 is 17.6 Å². The summed E-state index contributed by atoms with van der Waals surface area (Å²) in [5.41, 5.74) is 3.12.